The first-order valence-electron chi connectivity index (χ1n) is 5.63. The van der Waals surface area contributed by atoms with Gasteiger partial charge >= 0.3 is 0 Å². The molecule has 0 bridgehead atoms. The molecule has 86 valence electrons. The number of imidazole rings is 1. The first-order chi connectivity index (χ1) is 7.17. The number of hydrogen-bond acceptors (Lipinski definition) is 3. The molecule has 1 heterocycles. The smallest absolute Gasteiger partial charge is 0.203 e. The highest BCUT2D eigenvalue weighted by Crippen LogP contribution is 2.07. The lowest BCUT2D eigenvalue weighted by molar-refractivity contribution is 0.366. The normalized spacial score (nSPS) is 11.0. The second-order valence-corrected chi connectivity index (χ2v) is 3.81. The van der Waals surface area contributed by atoms with Gasteiger partial charge in [0.25, 0.3) is 0 Å². The van der Waals surface area contributed by atoms with Crippen LogP contribution in [-0.4, -0.2) is 41.1 Å². The number of nitrogens with one attached hydrogen (secondary N) is 1. The van der Waals surface area contributed by atoms with E-state index < -0.39 is 0 Å². The van der Waals surface area contributed by atoms with E-state index in [1.54, 1.807) is 0 Å². The van der Waals surface area contributed by atoms with E-state index in [0.29, 0.717) is 0 Å². The standard InChI is InChI=1S/C11H22N4/c1-5-14(4)8-7-12-11-13-10(3)9-15(11)6-2/h9H,5-8H2,1-4H3,(H,12,13). The summed E-state index contributed by atoms with van der Waals surface area (Å²) in [4.78, 5) is 6.71. The van der Waals surface area contributed by atoms with Crippen molar-refractivity contribution in [3.8, 4) is 0 Å². The van der Waals surface area contributed by atoms with Crippen LogP contribution in [0.5, 0.6) is 0 Å². The molecule has 1 N–H and O–H groups in total. The molecule has 0 fully saturated rings. The molecule has 0 saturated carbocycles. The van der Waals surface area contributed by atoms with Crippen molar-refractivity contribution < 1.29 is 0 Å². The van der Waals surface area contributed by atoms with Gasteiger partial charge in [-0.15, -0.1) is 0 Å². The summed E-state index contributed by atoms with van der Waals surface area (Å²) in [6.07, 6.45) is 2.08. The molecule has 0 aliphatic heterocycles. The van der Waals surface area contributed by atoms with Crippen LogP contribution in [0.15, 0.2) is 6.20 Å². The summed E-state index contributed by atoms with van der Waals surface area (Å²) in [5.41, 5.74) is 1.07. The Kier molecular flexibility index (Phi) is 4.62. The lowest BCUT2D eigenvalue weighted by Gasteiger charge is -2.14. The predicted molar refractivity (Wildman–Crippen MR) is 64.3 cm³/mol. The fourth-order valence-electron chi connectivity index (χ4n) is 1.45. The van der Waals surface area contributed by atoms with Crippen molar-refractivity contribution in [1.82, 2.24) is 14.5 Å². The van der Waals surface area contributed by atoms with Crippen LogP contribution < -0.4 is 5.32 Å². The maximum atomic E-state index is 4.44. The van der Waals surface area contributed by atoms with Crippen molar-refractivity contribution in [2.75, 3.05) is 32.0 Å². The summed E-state index contributed by atoms with van der Waals surface area (Å²) in [6.45, 7) is 10.4. The molecule has 0 unspecified atom stereocenters. The molecule has 1 aromatic heterocycles. The van der Waals surface area contributed by atoms with Gasteiger partial charge in [-0.05, 0) is 27.4 Å². The largest absolute Gasteiger partial charge is 0.354 e. The summed E-state index contributed by atoms with van der Waals surface area (Å²) >= 11 is 0. The first kappa shape index (κ1) is 12.0. The van der Waals surface area contributed by atoms with E-state index in [0.717, 1.165) is 37.8 Å². The van der Waals surface area contributed by atoms with Gasteiger partial charge in [0, 0.05) is 25.8 Å². The molecule has 0 amide bonds. The molecule has 4 heteroatoms. The van der Waals surface area contributed by atoms with Gasteiger partial charge in [-0.1, -0.05) is 6.92 Å². The van der Waals surface area contributed by atoms with Crippen molar-refractivity contribution in [3.05, 3.63) is 11.9 Å². The molecule has 4 nitrogen and oxygen atoms in total. The second kappa shape index (κ2) is 5.75. The van der Waals surface area contributed by atoms with Gasteiger partial charge < -0.3 is 14.8 Å². The zero-order chi connectivity index (χ0) is 11.3. The molecule has 1 rings (SSSR count). The van der Waals surface area contributed by atoms with Crippen LogP contribution in [0.25, 0.3) is 0 Å². The zero-order valence-electron chi connectivity index (χ0n) is 10.2. The lowest BCUT2D eigenvalue weighted by atomic mass is 10.5. The number of anilines is 1. The molecule has 0 spiro atoms. The number of aryl methyl sites for hydroxylation is 2. The van der Waals surface area contributed by atoms with Crippen LogP contribution in [0, 0.1) is 6.92 Å². The number of nitrogens with zero attached hydrogens (tertiary/aromatic N) is 3. The Balaban J connectivity index is 2.42. The molecular formula is C11H22N4. The monoisotopic (exact) mass is 210 g/mol. The number of hydrogen-bond donors (Lipinski definition) is 1. The molecule has 0 aliphatic rings. The quantitative estimate of drug-likeness (QED) is 0.774. The molecule has 0 saturated heterocycles. The lowest BCUT2D eigenvalue weighted by Crippen LogP contribution is -2.25. The van der Waals surface area contributed by atoms with Crippen molar-refractivity contribution in [2.24, 2.45) is 0 Å². The van der Waals surface area contributed by atoms with Gasteiger partial charge in [0.1, 0.15) is 0 Å². The van der Waals surface area contributed by atoms with Crippen LogP contribution in [0.3, 0.4) is 0 Å². The van der Waals surface area contributed by atoms with E-state index in [1.165, 1.54) is 0 Å². The summed E-state index contributed by atoms with van der Waals surface area (Å²) in [6, 6.07) is 0. The molecular weight excluding hydrogens is 188 g/mol. The van der Waals surface area contributed by atoms with Crippen LogP contribution in [-0.2, 0) is 6.54 Å². The van der Waals surface area contributed by atoms with Crippen LogP contribution >= 0.6 is 0 Å². The van der Waals surface area contributed by atoms with E-state index in [4.69, 9.17) is 0 Å². The third kappa shape index (κ3) is 3.55. The molecule has 0 aliphatic carbocycles. The summed E-state index contributed by atoms with van der Waals surface area (Å²) < 4.78 is 2.14. The first-order valence-corrected chi connectivity index (χ1v) is 5.63. The van der Waals surface area contributed by atoms with Crippen molar-refractivity contribution in [1.29, 1.82) is 0 Å². The SMILES string of the molecule is CCN(C)CCNc1nc(C)cn1CC. The Bertz CT molecular complexity index is 293. The maximum absolute atomic E-state index is 4.44. The van der Waals surface area contributed by atoms with E-state index in [-0.39, 0.29) is 0 Å². The van der Waals surface area contributed by atoms with E-state index >= 15 is 0 Å². The topological polar surface area (TPSA) is 33.1 Å². The van der Waals surface area contributed by atoms with Crippen LogP contribution in [0.2, 0.25) is 0 Å². The average Bonchev–Trinajstić information content (AvgIpc) is 2.58. The molecule has 0 atom stereocenters. The Hall–Kier alpha value is -1.03. The maximum Gasteiger partial charge on any atom is 0.203 e. The minimum atomic E-state index is 0.945. The van der Waals surface area contributed by atoms with E-state index in [9.17, 15) is 0 Å². The number of likely N-dealkylation sites (N-methyl/N-ethyl adjacent to an activating group) is 1. The Morgan fingerprint density at radius 1 is 1.47 bits per heavy atom. The van der Waals surface area contributed by atoms with Crippen LogP contribution in [0.1, 0.15) is 19.5 Å². The highest BCUT2D eigenvalue weighted by atomic mass is 15.2. The van der Waals surface area contributed by atoms with Gasteiger partial charge in [0.2, 0.25) is 5.95 Å². The second-order valence-electron chi connectivity index (χ2n) is 3.81. The van der Waals surface area contributed by atoms with Crippen molar-refractivity contribution >= 4 is 5.95 Å². The number of rotatable bonds is 6. The molecule has 0 radical (unpaired) electrons. The minimum Gasteiger partial charge on any atom is -0.354 e. The zero-order valence-corrected chi connectivity index (χ0v) is 10.2. The fraction of sp³-hybridized carbons (Fsp3) is 0.727. The van der Waals surface area contributed by atoms with Gasteiger partial charge in [-0.2, -0.15) is 0 Å². The molecule has 0 aromatic carbocycles. The highest BCUT2D eigenvalue weighted by molar-refractivity contribution is 5.28. The van der Waals surface area contributed by atoms with Gasteiger partial charge in [-0.3, -0.25) is 0 Å². The average molecular weight is 210 g/mol. The van der Waals surface area contributed by atoms with Gasteiger partial charge in [0.15, 0.2) is 0 Å². The fourth-order valence-corrected chi connectivity index (χ4v) is 1.45. The summed E-state index contributed by atoms with van der Waals surface area (Å²) in [5, 5.41) is 3.36. The summed E-state index contributed by atoms with van der Waals surface area (Å²) in [7, 11) is 2.12. The Labute approximate surface area is 92.3 Å². The van der Waals surface area contributed by atoms with E-state index in [2.05, 4.69) is 46.9 Å². The Morgan fingerprint density at radius 2 is 2.20 bits per heavy atom. The van der Waals surface area contributed by atoms with Gasteiger partial charge in [-0.25, -0.2) is 4.98 Å². The molecule has 1 aromatic rings. The minimum absolute atomic E-state index is 0.945. The van der Waals surface area contributed by atoms with Gasteiger partial charge in [0.05, 0.1) is 5.69 Å². The molecule has 15 heavy (non-hydrogen) atoms. The Morgan fingerprint density at radius 3 is 2.80 bits per heavy atom. The van der Waals surface area contributed by atoms with E-state index in [1.807, 2.05) is 6.92 Å². The summed E-state index contributed by atoms with van der Waals surface area (Å²) in [5.74, 6) is 0.986. The highest BCUT2D eigenvalue weighted by Gasteiger charge is 2.03. The third-order valence-electron chi connectivity index (χ3n) is 2.55. The number of aromatic nitrogens is 2. The third-order valence-corrected chi connectivity index (χ3v) is 2.55. The van der Waals surface area contributed by atoms with Crippen molar-refractivity contribution in [2.45, 2.75) is 27.3 Å². The van der Waals surface area contributed by atoms with Crippen molar-refractivity contribution in [3.63, 3.8) is 0 Å². The predicted octanol–water partition coefficient (Wildman–Crippen LogP) is 1.58. The van der Waals surface area contributed by atoms with Crippen LogP contribution in [0.4, 0.5) is 5.95 Å².